The smallest absolute Gasteiger partial charge is 0.123 e. The lowest BCUT2D eigenvalue weighted by molar-refractivity contribution is 0.162. The maximum atomic E-state index is 13.2. The molecule has 1 fully saturated rings. The molecule has 17 heavy (non-hydrogen) atoms. The summed E-state index contributed by atoms with van der Waals surface area (Å²) < 4.78 is 14.1. The molecule has 2 rings (SSSR count). The molecule has 1 aliphatic heterocycles. The molecule has 1 aliphatic rings. The van der Waals surface area contributed by atoms with Gasteiger partial charge in [-0.3, -0.25) is 4.90 Å². The van der Waals surface area contributed by atoms with Crippen molar-refractivity contribution in [1.29, 1.82) is 0 Å². The summed E-state index contributed by atoms with van der Waals surface area (Å²) in [7, 11) is 0. The largest absolute Gasteiger partial charge is 0.326 e. The first-order valence-corrected chi connectivity index (χ1v) is 6.77. The summed E-state index contributed by atoms with van der Waals surface area (Å²) in [6.07, 6.45) is 1.12. The summed E-state index contributed by atoms with van der Waals surface area (Å²) in [6.45, 7) is 4.89. The van der Waals surface area contributed by atoms with Crippen LogP contribution in [0.15, 0.2) is 22.7 Å². The Bertz CT molecular complexity index is 397. The van der Waals surface area contributed by atoms with Gasteiger partial charge in [0.15, 0.2) is 0 Å². The Morgan fingerprint density at radius 3 is 3.00 bits per heavy atom. The van der Waals surface area contributed by atoms with Gasteiger partial charge in [0.1, 0.15) is 5.82 Å². The van der Waals surface area contributed by atoms with Crippen LogP contribution in [0.3, 0.4) is 0 Å². The van der Waals surface area contributed by atoms with Gasteiger partial charge < -0.3 is 5.73 Å². The molecule has 1 saturated heterocycles. The van der Waals surface area contributed by atoms with Gasteiger partial charge in [-0.25, -0.2) is 4.39 Å². The summed E-state index contributed by atoms with van der Waals surface area (Å²) in [5, 5.41) is 0. The zero-order chi connectivity index (χ0) is 12.4. The van der Waals surface area contributed by atoms with Crippen LogP contribution < -0.4 is 5.73 Å². The molecule has 2 nitrogen and oxygen atoms in total. The molecule has 2 unspecified atom stereocenters. The third-order valence-electron chi connectivity index (χ3n) is 3.50. The Balaban J connectivity index is 2.03. The van der Waals surface area contributed by atoms with Crippen molar-refractivity contribution in [2.75, 3.05) is 13.1 Å². The van der Waals surface area contributed by atoms with Crippen LogP contribution in [0.5, 0.6) is 0 Å². The van der Waals surface area contributed by atoms with Gasteiger partial charge in [-0.15, -0.1) is 0 Å². The summed E-state index contributed by atoms with van der Waals surface area (Å²) >= 11 is 3.46. The minimum atomic E-state index is -0.183. The fourth-order valence-corrected chi connectivity index (χ4v) is 2.59. The van der Waals surface area contributed by atoms with E-state index in [-0.39, 0.29) is 11.9 Å². The van der Waals surface area contributed by atoms with Crippen LogP contribution >= 0.6 is 15.9 Å². The summed E-state index contributed by atoms with van der Waals surface area (Å²) in [5.74, 6) is 0.403. The molecule has 1 aromatic rings. The van der Waals surface area contributed by atoms with Crippen LogP contribution in [0.2, 0.25) is 0 Å². The second-order valence-corrected chi connectivity index (χ2v) is 5.75. The summed E-state index contributed by atoms with van der Waals surface area (Å²) in [5.41, 5.74) is 7.06. The second-order valence-electron chi connectivity index (χ2n) is 4.90. The van der Waals surface area contributed by atoms with E-state index < -0.39 is 0 Å². The minimum absolute atomic E-state index is 0.183. The van der Waals surface area contributed by atoms with E-state index in [1.54, 1.807) is 12.1 Å². The highest BCUT2D eigenvalue weighted by molar-refractivity contribution is 9.10. The average Bonchev–Trinajstić information content (AvgIpc) is 2.29. The van der Waals surface area contributed by atoms with Crippen LogP contribution in [0.1, 0.15) is 18.9 Å². The van der Waals surface area contributed by atoms with Crippen molar-refractivity contribution in [3.63, 3.8) is 0 Å². The van der Waals surface area contributed by atoms with E-state index in [1.807, 2.05) is 0 Å². The molecule has 0 bridgehead atoms. The number of nitrogens with zero attached hydrogens (tertiary/aromatic N) is 1. The fourth-order valence-electron chi connectivity index (χ4n) is 2.22. The fraction of sp³-hybridized carbons (Fsp3) is 0.538. The first-order chi connectivity index (χ1) is 8.06. The number of hydrogen-bond acceptors (Lipinski definition) is 2. The lowest BCUT2D eigenvalue weighted by Gasteiger charge is -2.35. The molecular weight excluding hydrogens is 283 g/mol. The number of hydrogen-bond donors (Lipinski definition) is 1. The van der Waals surface area contributed by atoms with E-state index in [0.29, 0.717) is 5.92 Å². The predicted molar refractivity (Wildman–Crippen MR) is 71.1 cm³/mol. The molecule has 0 aliphatic carbocycles. The zero-order valence-electron chi connectivity index (χ0n) is 10.00. The van der Waals surface area contributed by atoms with Crippen molar-refractivity contribution < 1.29 is 4.39 Å². The first kappa shape index (κ1) is 13.0. The molecule has 1 aromatic carbocycles. The van der Waals surface area contributed by atoms with Crippen LogP contribution in [-0.4, -0.2) is 24.0 Å². The Morgan fingerprint density at radius 1 is 1.53 bits per heavy atom. The van der Waals surface area contributed by atoms with Gasteiger partial charge in [0.25, 0.3) is 0 Å². The van der Waals surface area contributed by atoms with Crippen LogP contribution in [0, 0.1) is 11.7 Å². The van der Waals surface area contributed by atoms with Crippen molar-refractivity contribution in [2.24, 2.45) is 11.7 Å². The first-order valence-electron chi connectivity index (χ1n) is 5.98. The molecule has 2 N–H and O–H groups in total. The lowest BCUT2D eigenvalue weighted by atomic mass is 9.94. The molecule has 1 heterocycles. The topological polar surface area (TPSA) is 29.3 Å². The molecule has 0 saturated carbocycles. The van der Waals surface area contributed by atoms with Crippen molar-refractivity contribution >= 4 is 15.9 Å². The molecule has 94 valence electrons. The average molecular weight is 301 g/mol. The summed E-state index contributed by atoms with van der Waals surface area (Å²) in [4.78, 5) is 2.30. The van der Waals surface area contributed by atoms with E-state index in [0.717, 1.165) is 36.1 Å². The minimum Gasteiger partial charge on any atom is -0.326 e. The monoisotopic (exact) mass is 300 g/mol. The Hall–Kier alpha value is -0.450. The number of rotatable bonds is 2. The van der Waals surface area contributed by atoms with E-state index >= 15 is 0 Å². The van der Waals surface area contributed by atoms with Gasteiger partial charge in [-0.1, -0.05) is 22.9 Å². The highest BCUT2D eigenvalue weighted by atomic mass is 79.9. The van der Waals surface area contributed by atoms with Gasteiger partial charge in [-0.2, -0.15) is 0 Å². The number of likely N-dealkylation sites (tertiary alicyclic amines) is 1. The molecule has 2 atom stereocenters. The van der Waals surface area contributed by atoms with E-state index in [4.69, 9.17) is 5.73 Å². The lowest BCUT2D eigenvalue weighted by Crippen LogP contribution is -2.47. The molecule has 0 aromatic heterocycles. The molecule has 0 spiro atoms. The maximum absolute atomic E-state index is 13.2. The van der Waals surface area contributed by atoms with E-state index in [1.165, 1.54) is 6.07 Å². The van der Waals surface area contributed by atoms with Crippen molar-refractivity contribution in [3.8, 4) is 0 Å². The van der Waals surface area contributed by atoms with E-state index in [2.05, 4.69) is 27.8 Å². The van der Waals surface area contributed by atoms with Crippen molar-refractivity contribution in [3.05, 3.63) is 34.1 Å². The number of benzene rings is 1. The third kappa shape index (κ3) is 3.27. The summed E-state index contributed by atoms with van der Waals surface area (Å²) in [6, 6.07) is 5.05. The van der Waals surface area contributed by atoms with Gasteiger partial charge in [0, 0.05) is 23.6 Å². The molecule has 0 amide bonds. The SMILES string of the molecule is CC1CCN(Cc2cc(F)ccc2Br)CC1N. The van der Waals surface area contributed by atoms with Crippen LogP contribution in [0.25, 0.3) is 0 Å². The number of piperidine rings is 1. The van der Waals surface area contributed by atoms with Crippen LogP contribution in [-0.2, 0) is 6.54 Å². The highest BCUT2D eigenvalue weighted by Gasteiger charge is 2.23. The second kappa shape index (κ2) is 5.46. The number of nitrogens with two attached hydrogens (primary N) is 1. The molecule has 4 heteroatoms. The van der Waals surface area contributed by atoms with Gasteiger partial charge in [0.2, 0.25) is 0 Å². The third-order valence-corrected chi connectivity index (χ3v) is 4.28. The number of halogens is 2. The molecule has 0 radical (unpaired) electrons. The maximum Gasteiger partial charge on any atom is 0.123 e. The van der Waals surface area contributed by atoms with Crippen molar-refractivity contribution in [2.45, 2.75) is 25.9 Å². The van der Waals surface area contributed by atoms with Crippen molar-refractivity contribution in [1.82, 2.24) is 4.90 Å². The van der Waals surface area contributed by atoms with Gasteiger partial charge in [-0.05, 0) is 42.6 Å². The quantitative estimate of drug-likeness (QED) is 0.910. The van der Waals surface area contributed by atoms with Crippen LogP contribution in [0.4, 0.5) is 4.39 Å². The van der Waals surface area contributed by atoms with Gasteiger partial charge >= 0.3 is 0 Å². The Morgan fingerprint density at radius 2 is 2.29 bits per heavy atom. The standard InChI is InChI=1S/C13H18BrFN2/c1-9-4-5-17(8-13(9)16)7-10-6-11(15)2-3-12(10)14/h2-3,6,9,13H,4-5,7-8,16H2,1H3. The van der Waals surface area contributed by atoms with E-state index in [9.17, 15) is 4.39 Å². The Labute approximate surface area is 110 Å². The molecular formula is C13H18BrFN2. The highest BCUT2D eigenvalue weighted by Crippen LogP contribution is 2.22. The normalized spacial score (nSPS) is 26.1. The predicted octanol–water partition coefficient (Wildman–Crippen LogP) is 2.76. The van der Waals surface area contributed by atoms with Gasteiger partial charge in [0.05, 0.1) is 0 Å². The Kier molecular flexibility index (Phi) is 4.17. The zero-order valence-corrected chi connectivity index (χ0v) is 11.6.